The number of nitriles is 1. The topological polar surface area (TPSA) is 27.0 Å². The quantitative estimate of drug-likeness (QED) is 0.736. The van der Waals surface area contributed by atoms with Crippen LogP contribution in [-0.4, -0.2) is 18.0 Å². The Bertz CT molecular complexity index is 274. The molecule has 1 rings (SSSR count). The van der Waals surface area contributed by atoms with Crippen molar-refractivity contribution in [3.8, 4) is 6.07 Å². The molecule has 0 aliphatic rings. The number of hydrogen-bond acceptors (Lipinski definition) is 3. The lowest BCUT2D eigenvalue weighted by Gasteiger charge is -2.21. The molecule has 1 aromatic rings. The van der Waals surface area contributed by atoms with Gasteiger partial charge in [-0.05, 0) is 25.4 Å². The highest BCUT2D eigenvalue weighted by molar-refractivity contribution is 7.09. The predicted octanol–water partition coefficient (Wildman–Crippen LogP) is 2.48. The second-order valence-electron chi connectivity index (χ2n) is 3.21. The van der Waals surface area contributed by atoms with E-state index in [2.05, 4.69) is 42.5 Å². The van der Waals surface area contributed by atoms with Crippen LogP contribution in [0, 0.1) is 11.3 Å². The molecule has 3 heteroatoms. The summed E-state index contributed by atoms with van der Waals surface area (Å²) in [5, 5.41) is 10.6. The lowest BCUT2D eigenvalue weighted by Crippen LogP contribution is -2.27. The minimum atomic E-state index is 0.340. The fourth-order valence-corrected chi connectivity index (χ4v) is 1.86. The van der Waals surface area contributed by atoms with Crippen LogP contribution in [0.4, 0.5) is 0 Å². The highest BCUT2D eigenvalue weighted by atomic mass is 32.1. The third kappa shape index (κ3) is 3.17. The molecule has 0 aromatic carbocycles. The summed E-state index contributed by atoms with van der Waals surface area (Å²) in [6.07, 6.45) is 0.599. The van der Waals surface area contributed by atoms with Gasteiger partial charge in [0, 0.05) is 17.5 Å². The molecular weight excluding hydrogens is 180 g/mol. The Morgan fingerprint density at radius 1 is 1.69 bits per heavy atom. The average Bonchev–Trinajstić information content (AvgIpc) is 2.57. The van der Waals surface area contributed by atoms with E-state index in [4.69, 9.17) is 5.26 Å². The van der Waals surface area contributed by atoms with Crippen molar-refractivity contribution in [3.05, 3.63) is 22.4 Å². The molecule has 0 N–H and O–H groups in total. The first kappa shape index (κ1) is 10.2. The Kier molecular flexibility index (Phi) is 3.94. The van der Waals surface area contributed by atoms with E-state index in [-0.39, 0.29) is 0 Å². The van der Waals surface area contributed by atoms with Gasteiger partial charge in [0.2, 0.25) is 0 Å². The van der Waals surface area contributed by atoms with Crippen LogP contribution in [0.1, 0.15) is 18.2 Å². The number of nitrogens with zero attached hydrogens (tertiary/aromatic N) is 2. The molecule has 0 saturated heterocycles. The minimum absolute atomic E-state index is 0.340. The van der Waals surface area contributed by atoms with E-state index in [1.54, 1.807) is 11.3 Å². The Morgan fingerprint density at radius 2 is 2.46 bits per heavy atom. The predicted molar refractivity (Wildman–Crippen MR) is 55.5 cm³/mol. The van der Waals surface area contributed by atoms with Crippen molar-refractivity contribution in [2.45, 2.75) is 25.9 Å². The van der Waals surface area contributed by atoms with E-state index in [0.29, 0.717) is 12.5 Å². The van der Waals surface area contributed by atoms with Crippen LogP contribution in [0.3, 0.4) is 0 Å². The zero-order valence-corrected chi connectivity index (χ0v) is 8.84. The van der Waals surface area contributed by atoms with E-state index >= 15 is 0 Å². The molecule has 1 aromatic heterocycles. The molecule has 2 nitrogen and oxygen atoms in total. The minimum Gasteiger partial charge on any atom is -0.298 e. The van der Waals surface area contributed by atoms with E-state index in [0.717, 1.165) is 6.54 Å². The van der Waals surface area contributed by atoms with Crippen LogP contribution in [0.2, 0.25) is 0 Å². The van der Waals surface area contributed by atoms with Crippen LogP contribution >= 0.6 is 11.3 Å². The van der Waals surface area contributed by atoms with Crippen molar-refractivity contribution in [1.29, 1.82) is 5.26 Å². The van der Waals surface area contributed by atoms with E-state index < -0.39 is 0 Å². The first-order valence-electron chi connectivity index (χ1n) is 4.33. The summed E-state index contributed by atoms with van der Waals surface area (Å²) in [4.78, 5) is 3.56. The summed E-state index contributed by atoms with van der Waals surface area (Å²) in [5.74, 6) is 0. The van der Waals surface area contributed by atoms with Gasteiger partial charge in [-0.3, -0.25) is 4.90 Å². The molecule has 0 aliphatic heterocycles. The Morgan fingerprint density at radius 3 is 3.00 bits per heavy atom. The van der Waals surface area contributed by atoms with Gasteiger partial charge >= 0.3 is 0 Å². The Balaban J connectivity index is 2.42. The Labute approximate surface area is 83.4 Å². The van der Waals surface area contributed by atoms with E-state index in [1.165, 1.54) is 4.88 Å². The monoisotopic (exact) mass is 194 g/mol. The summed E-state index contributed by atoms with van der Waals surface area (Å²) in [6.45, 7) is 3.03. The number of thiophene rings is 1. The van der Waals surface area contributed by atoms with Crippen LogP contribution in [0.5, 0.6) is 0 Å². The molecule has 1 heterocycles. The van der Waals surface area contributed by atoms with Crippen molar-refractivity contribution < 1.29 is 0 Å². The molecule has 1 unspecified atom stereocenters. The molecule has 0 spiro atoms. The second-order valence-corrected chi connectivity index (χ2v) is 4.24. The van der Waals surface area contributed by atoms with Crippen LogP contribution < -0.4 is 0 Å². The molecule has 13 heavy (non-hydrogen) atoms. The molecule has 0 bridgehead atoms. The van der Waals surface area contributed by atoms with Gasteiger partial charge in [0.25, 0.3) is 0 Å². The van der Waals surface area contributed by atoms with Crippen molar-refractivity contribution in [2.75, 3.05) is 7.05 Å². The molecule has 0 amide bonds. The number of hydrogen-bond donors (Lipinski definition) is 0. The van der Waals surface area contributed by atoms with Crippen LogP contribution in [-0.2, 0) is 6.54 Å². The molecule has 70 valence electrons. The lowest BCUT2D eigenvalue weighted by molar-refractivity contribution is 0.254. The zero-order chi connectivity index (χ0) is 9.68. The van der Waals surface area contributed by atoms with Crippen LogP contribution in [0.25, 0.3) is 0 Å². The van der Waals surface area contributed by atoms with Gasteiger partial charge in [0.15, 0.2) is 0 Å². The average molecular weight is 194 g/mol. The maximum Gasteiger partial charge on any atom is 0.0638 e. The SMILES string of the molecule is CC(CC#N)N(C)Cc1cccs1. The molecule has 0 fully saturated rings. The summed E-state index contributed by atoms with van der Waals surface area (Å²) in [5.41, 5.74) is 0. The van der Waals surface area contributed by atoms with Gasteiger partial charge in [0.05, 0.1) is 12.5 Å². The highest BCUT2D eigenvalue weighted by Crippen LogP contribution is 2.13. The highest BCUT2D eigenvalue weighted by Gasteiger charge is 2.08. The molecule has 1 atom stereocenters. The normalized spacial score (nSPS) is 12.8. The van der Waals surface area contributed by atoms with Crippen molar-refractivity contribution in [1.82, 2.24) is 4.90 Å². The van der Waals surface area contributed by atoms with Crippen LogP contribution in [0.15, 0.2) is 17.5 Å². The molecule has 0 radical (unpaired) electrons. The fourth-order valence-electron chi connectivity index (χ4n) is 1.09. The van der Waals surface area contributed by atoms with E-state index in [1.807, 2.05) is 0 Å². The lowest BCUT2D eigenvalue weighted by atomic mass is 10.2. The fraction of sp³-hybridized carbons (Fsp3) is 0.500. The van der Waals surface area contributed by atoms with Crippen molar-refractivity contribution in [2.24, 2.45) is 0 Å². The van der Waals surface area contributed by atoms with E-state index in [9.17, 15) is 0 Å². The third-order valence-electron chi connectivity index (χ3n) is 2.12. The van der Waals surface area contributed by atoms with Gasteiger partial charge < -0.3 is 0 Å². The maximum absolute atomic E-state index is 8.54. The van der Waals surface area contributed by atoms with Crippen molar-refractivity contribution in [3.63, 3.8) is 0 Å². The standard InChI is InChI=1S/C10H14N2S/c1-9(5-6-11)12(2)8-10-4-3-7-13-10/h3-4,7,9H,5,8H2,1-2H3. The summed E-state index contributed by atoms with van der Waals surface area (Å²) in [7, 11) is 2.06. The third-order valence-corrected chi connectivity index (χ3v) is 2.99. The maximum atomic E-state index is 8.54. The van der Waals surface area contributed by atoms with Gasteiger partial charge in [-0.15, -0.1) is 11.3 Å². The molecular formula is C10H14N2S. The molecule has 0 aliphatic carbocycles. The summed E-state index contributed by atoms with van der Waals surface area (Å²) >= 11 is 1.76. The van der Waals surface area contributed by atoms with Gasteiger partial charge in [-0.25, -0.2) is 0 Å². The largest absolute Gasteiger partial charge is 0.298 e. The van der Waals surface area contributed by atoms with Gasteiger partial charge in [-0.2, -0.15) is 5.26 Å². The number of rotatable bonds is 4. The first-order valence-corrected chi connectivity index (χ1v) is 5.21. The van der Waals surface area contributed by atoms with Crippen molar-refractivity contribution >= 4 is 11.3 Å². The van der Waals surface area contributed by atoms with Gasteiger partial charge in [-0.1, -0.05) is 6.07 Å². The first-order chi connectivity index (χ1) is 6.24. The zero-order valence-electron chi connectivity index (χ0n) is 8.03. The smallest absolute Gasteiger partial charge is 0.0638 e. The summed E-state index contributed by atoms with van der Waals surface area (Å²) < 4.78 is 0. The molecule has 0 saturated carbocycles. The Hall–Kier alpha value is -0.850. The second kappa shape index (κ2) is 5.00. The van der Waals surface area contributed by atoms with Gasteiger partial charge in [0.1, 0.15) is 0 Å². The summed E-state index contributed by atoms with van der Waals surface area (Å²) in [6, 6.07) is 6.71.